The van der Waals surface area contributed by atoms with Crippen LogP contribution in [0.25, 0.3) is 0 Å². The summed E-state index contributed by atoms with van der Waals surface area (Å²) in [6, 6.07) is 7.23. The normalized spacial score (nSPS) is 10.2. The van der Waals surface area contributed by atoms with Gasteiger partial charge in [-0.1, -0.05) is 11.6 Å². The van der Waals surface area contributed by atoms with Crippen LogP contribution in [0.15, 0.2) is 46.7 Å². The van der Waals surface area contributed by atoms with E-state index in [1.807, 2.05) is 12.1 Å². The van der Waals surface area contributed by atoms with Crippen LogP contribution in [0.2, 0.25) is 5.02 Å². The molecule has 0 saturated heterocycles. The number of hydrogen-bond donors (Lipinski definition) is 1. The Morgan fingerprint density at radius 3 is 2.73 bits per heavy atom. The Morgan fingerprint density at radius 1 is 1.20 bits per heavy atom. The van der Waals surface area contributed by atoms with E-state index in [9.17, 15) is 0 Å². The maximum absolute atomic E-state index is 5.76. The third-order valence-corrected chi connectivity index (χ3v) is 2.91. The highest BCUT2D eigenvalue weighted by atomic mass is 35.5. The van der Waals surface area contributed by atoms with Crippen molar-refractivity contribution in [2.75, 3.05) is 5.73 Å². The monoisotopic (exact) mass is 237 g/mol. The minimum atomic E-state index is 0.619. The third kappa shape index (κ3) is 2.61. The van der Waals surface area contributed by atoms with Crippen molar-refractivity contribution >= 4 is 29.1 Å². The van der Waals surface area contributed by atoms with E-state index in [1.165, 1.54) is 11.8 Å². The number of hydrogen-bond acceptors (Lipinski definition) is 4. The molecular formula is C10H8ClN3S. The lowest BCUT2D eigenvalue weighted by atomic mass is 10.4. The summed E-state index contributed by atoms with van der Waals surface area (Å²) >= 11 is 7.15. The third-order valence-electron chi connectivity index (χ3n) is 1.70. The predicted octanol–water partition coefficient (Wildman–Crippen LogP) is 2.86. The highest BCUT2D eigenvalue weighted by Gasteiger charge is 2.03. The number of nitrogens with zero attached hydrogens (tertiary/aromatic N) is 2. The number of halogens is 1. The highest BCUT2D eigenvalue weighted by Crippen LogP contribution is 2.28. The molecule has 3 nitrogen and oxygen atoms in total. The molecule has 2 heterocycles. The summed E-state index contributed by atoms with van der Waals surface area (Å²) in [7, 11) is 0. The molecule has 0 amide bonds. The Kier molecular flexibility index (Phi) is 3.08. The van der Waals surface area contributed by atoms with Crippen molar-refractivity contribution in [2.24, 2.45) is 0 Å². The van der Waals surface area contributed by atoms with E-state index in [2.05, 4.69) is 9.97 Å². The van der Waals surface area contributed by atoms with Crippen molar-refractivity contribution in [1.82, 2.24) is 9.97 Å². The van der Waals surface area contributed by atoms with Gasteiger partial charge >= 0.3 is 0 Å². The predicted molar refractivity (Wildman–Crippen MR) is 62.0 cm³/mol. The van der Waals surface area contributed by atoms with Crippen LogP contribution in [0.1, 0.15) is 0 Å². The molecule has 2 N–H and O–H groups in total. The van der Waals surface area contributed by atoms with E-state index in [-0.39, 0.29) is 0 Å². The van der Waals surface area contributed by atoms with Gasteiger partial charge in [0.05, 0.1) is 10.7 Å². The van der Waals surface area contributed by atoms with Crippen LogP contribution in [0, 0.1) is 0 Å². The molecule has 0 bridgehead atoms. The first-order valence-corrected chi connectivity index (χ1v) is 5.45. The molecule has 2 rings (SSSR count). The average molecular weight is 238 g/mol. The highest BCUT2D eigenvalue weighted by molar-refractivity contribution is 7.99. The molecule has 0 unspecified atom stereocenters. The van der Waals surface area contributed by atoms with E-state index in [1.54, 1.807) is 24.5 Å². The fourth-order valence-corrected chi connectivity index (χ4v) is 1.86. The summed E-state index contributed by atoms with van der Waals surface area (Å²) in [6.45, 7) is 0. The first-order chi connectivity index (χ1) is 7.25. The van der Waals surface area contributed by atoms with Gasteiger partial charge in [0, 0.05) is 12.4 Å². The Bertz CT molecular complexity index is 458. The average Bonchev–Trinajstić information content (AvgIpc) is 2.25. The maximum atomic E-state index is 5.76. The van der Waals surface area contributed by atoms with Gasteiger partial charge in [-0.25, -0.2) is 9.97 Å². The van der Waals surface area contributed by atoms with Crippen LogP contribution in [-0.2, 0) is 0 Å². The fraction of sp³-hybridized carbons (Fsp3) is 0. The second-order valence-corrected chi connectivity index (χ2v) is 4.26. The van der Waals surface area contributed by atoms with Crippen molar-refractivity contribution in [3.05, 3.63) is 41.7 Å². The molecule has 2 aromatic rings. The molecule has 2 aromatic heterocycles. The Labute approximate surface area is 96.7 Å². The van der Waals surface area contributed by atoms with E-state index in [0.717, 1.165) is 10.1 Å². The number of anilines is 1. The van der Waals surface area contributed by atoms with Crippen LogP contribution in [-0.4, -0.2) is 9.97 Å². The van der Waals surface area contributed by atoms with Crippen molar-refractivity contribution in [3.8, 4) is 0 Å². The summed E-state index contributed by atoms with van der Waals surface area (Å²) in [5.74, 6) is 0. The van der Waals surface area contributed by atoms with E-state index in [4.69, 9.17) is 17.3 Å². The van der Waals surface area contributed by atoms with Gasteiger partial charge < -0.3 is 5.73 Å². The minimum Gasteiger partial charge on any atom is -0.397 e. The Hall–Kier alpha value is -1.26. The van der Waals surface area contributed by atoms with Gasteiger partial charge in [0.1, 0.15) is 10.1 Å². The van der Waals surface area contributed by atoms with Gasteiger partial charge in [-0.05, 0) is 36.0 Å². The number of nitrogen functional groups attached to an aromatic ring is 1. The lowest BCUT2D eigenvalue weighted by Gasteiger charge is -2.02. The molecule has 0 aliphatic rings. The second kappa shape index (κ2) is 4.51. The largest absolute Gasteiger partial charge is 0.397 e. The Morgan fingerprint density at radius 2 is 2.07 bits per heavy atom. The van der Waals surface area contributed by atoms with Crippen LogP contribution in [0.4, 0.5) is 5.69 Å². The maximum Gasteiger partial charge on any atom is 0.125 e. The van der Waals surface area contributed by atoms with Crippen LogP contribution in [0.5, 0.6) is 0 Å². The molecule has 0 radical (unpaired) electrons. The molecular weight excluding hydrogens is 230 g/mol. The van der Waals surface area contributed by atoms with Crippen molar-refractivity contribution in [2.45, 2.75) is 10.1 Å². The van der Waals surface area contributed by atoms with E-state index >= 15 is 0 Å². The van der Waals surface area contributed by atoms with Gasteiger partial charge in [0.15, 0.2) is 0 Å². The summed E-state index contributed by atoms with van der Waals surface area (Å²) in [6.07, 6.45) is 3.30. The number of nitrogens with two attached hydrogens (primary N) is 1. The molecule has 15 heavy (non-hydrogen) atoms. The summed E-state index contributed by atoms with van der Waals surface area (Å²) in [4.78, 5) is 8.31. The molecule has 0 aliphatic carbocycles. The van der Waals surface area contributed by atoms with Gasteiger partial charge in [-0.3, -0.25) is 0 Å². The van der Waals surface area contributed by atoms with Crippen molar-refractivity contribution in [3.63, 3.8) is 0 Å². The molecule has 0 atom stereocenters. The van der Waals surface area contributed by atoms with Gasteiger partial charge in [-0.15, -0.1) is 0 Å². The molecule has 0 aliphatic heterocycles. The topological polar surface area (TPSA) is 51.8 Å². The smallest absolute Gasteiger partial charge is 0.125 e. The SMILES string of the molecule is Nc1cccnc1Sc1ccc(Cl)cn1. The molecule has 5 heteroatoms. The molecule has 0 saturated carbocycles. The van der Waals surface area contributed by atoms with E-state index in [0.29, 0.717) is 10.7 Å². The zero-order chi connectivity index (χ0) is 10.7. The number of rotatable bonds is 2. The molecule has 0 spiro atoms. The van der Waals surface area contributed by atoms with Crippen LogP contribution >= 0.6 is 23.4 Å². The second-order valence-electron chi connectivity index (χ2n) is 2.81. The van der Waals surface area contributed by atoms with Crippen LogP contribution < -0.4 is 5.73 Å². The van der Waals surface area contributed by atoms with Crippen molar-refractivity contribution in [1.29, 1.82) is 0 Å². The lowest BCUT2D eigenvalue weighted by Crippen LogP contribution is -1.90. The zero-order valence-corrected chi connectivity index (χ0v) is 9.29. The quantitative estimate of drug-likeness (QED) is 0.873. The minimum absolute atomic E-state index is 0.619. The summed E-state index contributed by atoms with van der Waals surface area (Å²) in [5.41, 5.74) is 6.41. The van der Waals surface area contributed by atoms with Gasteiger partial charge in [-0.2, -0.15) is 0 Å². The summed E-state index contributed by atoms with van der Waals surface area (Å²) < 4.78 is 0. The lowest BCUT2D eigenvalue weighted by molar-refractivity contribution is 1.10. The summed E-state index contributed by atoms with van der Waals surface area (Å²) in [5, 5.41) is 2.20. The molecule has 0 aromatic carbocycles. The van der Waals surface area contributed by atoms with Gasteiger partial charge in [0.25, 0.3) is 0 Å². The number of pyridine rings is 2. The van der Waals surface area contributed by atoms with Gasteiger partial charge in [0.2, 0.25) is 0 Å². The Balaban J connectivity index is 2.22. The molecule has 76 valence electrons. The molecule has 0 fully saturated rings. The van der Waals surface area contributed by atoms with E-state index < -0.39 is 0 Å². The zero-order valence-electron chi connectivity index (χ0n) is 7.72. The standard InChI is InChI=1S/C10H8ClN3S/c11-7-3-4-9(14-6-7)15-10-8(12)2-1-5-13-10/h1-6H,12H2. The first-order valence-electron chi connectivity index (χ1n) is 4.25. The van der Waals surface area contributed by atoms with Crippen LogP contribution in [0.3, 0.4) is 0 Å². The number of aromatic nitrogens is 2. The first kappa shape index (κ1) is 10.3. The van der Waals surface area contributed by atoms with Crippen molar-refractivity contribution < 1.29 is 0 Å². The fourth-order valence-electron chi connectivity index (χ4n) is 1.01.